The minimum atomic E-state index is 0.112. The number of nitrogens with one attached hydrogen (secondary N) is 1. The summed E-state index contributed by atoms with van der Waals surface area (Å²) in [6.07, 6.45) is 10.4. The molecule has 1 rings (SSSR count). The Hall–Kier alpha value is -0.380. The third kappa shape index (κ3) is 3.89. The summed E-state index contributed by atoms with van der Waals surface area (Å²) in [6.45, 7) is 3.78. The number of methoxy groups -OCH3 is 1. The average Bonchev–Trinajstić information content (AvgIpc) is 2.35. The molecule has 1 saturated carbocycles. The summed E-state index contributed by atoms with van der Waals surface area (Å²) in [7, 11) is 1.80. The quantitative estimate of drug-likeness (QED) is 0.536. The van der Waals surface area contributed by atoms with Gasteiger partial charge in [-0.05, 0) is 45.6 Å². The Morgan fingerprint density at radius 1 is 1.56 bits per heavy atom. The fourth-order valence-corrected chi connectivity index (χ4v) is 2.51. The van der Waals surface area contributed by atoms with Crippen LogP contribution in [-0.4, -0.2) is 31.8 Å². The van der Waals surface area contributed by atoms with E-state index in [9.17, 15) is 0 Å². The number of hydrogen-bond donors (Lipinski definition) is 2. The molecule has 16 heavy (non-hydrogen) atoms. The highest BCUT2D eigenvalue weighted by Crippen LogP contribution is 2.29. The van der Waals surface area contributed by atoms with Gasteiger partial charge in [0, 0.05) is 19.2 Å². The fraction of sp³-hybridized carbons (Fsp3) is 0.846. The second kappa shape index (κ2) is 7.05. The minimum Gasteiger partial charge on any atom is -0.381 e. The van der Waals surface area contributed by atoms with Crippen LogP contribution < -0.4 is 11.1 Å². The molecule has 0 aromatic carbocycles. The third-order valence-corrected chi connectivity index (χ3v) is 3.57. The summed E-state index contributed by atoms with van der Waals surface area (Å²) in [4.78, 5) is 0. The van der Waals surface area contributed by atoms with Crippen molar-refractivity contribution in [3.8, 4) is 0 Å². The number of nitrogens with two attached hydrogens (primary N) is 1. The second-order valence-electron chi connectivity index (χ2n) is 4.72. The molecule has 3 heteroatoms. The van der Waals surface area contributed by atoms with Crippen LogP contribution in [0, 0.1) is 0 Å². The Balaban J connectivity index is 2.42. The Kier molecular flexibility index (Phi) is 6.03. The molecule has 2 unspecified atom stereocenters. The van der Waals surface area contributed by atoms with Crippen LogP contribution in [0.4, 0.5) is 0 Å². The predicted octanol–water partition coefficient (Wildman–Crippen LogP) is 1.83. The van der Waals surface area contributed by atoms with Crippen LogP contribution in [0.2, 0.25) is 0 Å². The van der Waals surface area contributed by atoms with E-state index >= 15 is 0 Å². The smallest absolute Gasteiger partial charge is 0.0589 e. The zero-order valence-electron chi connectivity index (χ0n) is 10.7. The van der Waals surface area contributed by atoms with Crippen molar-refractivity contribution < 1.29 is 4.74 Å². The normalized spacial score (nSPS) is 31.1. The third-order valence-electron chi connectivity index (χ3n) is 3.57. The van der Waals surface area contributed by atoms with Gasteiger partial charge in [-0.3, -0.25) is 0 Å². The van der Waals surface area contributed by atoms with Crippen LogP contribution in [0.1, 0.15) is 39.0 Å². The summed E-state index contributed by atoms with van der Waals surface area (Å²) >= 11 is 0. The van der Waals surface area contributed by atoms with Gasteiger partial charge in [-0.25, -0.2) is 0 Å². The molecule has 1 fully saturated rings. The summed E-state index contributed by atoms with van der Waals surface area (Å²) in [5, 5.41) is 3.63. The van der Waals surface area contributed by atoms with Gasteiger partial charge in [-0.15, -0.1) is 0 Å². The molecule has 1 aliphatic carbocycles. The van der Waals surface area contributed by atoms with Gasteiger partial charge in [0.05, 0.1) is 6.10 Å². The van der Waals surface area contributed by atoms with Crippen molar-refractivity contribution in [2.45, 2.75) is 50.7 Å². The van der Waals surface area contributed by atoms with Gasteiger partial charge >= 0.3 is 0 Å². The Labute approximate surface area is 99.4 Å². The highest BCUT2D eigenvalue weighted by atomic mass is 16.5. The minimum absolute atomic E-state index is 0.112. The zero-order valence-corrected chi connectivity index (χ0v) is 10.7. The molecule has 1 aliphatic rings. The highest BCUT2D eigenvalue weighted by Gasteiger charge is 2.34. The standard InChI is InChI=1S/C13H26N2O/c1-3-4-5-9-15-13(11-14)8-6-7-12(10-13)16-2/h3-4,12,15H,5-11,14H2,1-2H3/b4-3+. The molecular formula is C13H26N2O. The molecule has 3 nitrogen and oxygen atoms in total. The molecule has 0 aliphatic heterocycles. The molecule has 0 amide bonds. The molecule has 2 atom stereocenters. The monoisotopic (exact) mass is 226 g/mol. The largest absolute Gasteiger partial charge is 0.381 e. The van der Waals surface area contributed by atoms with E-state index in [-0.39, 0.29) is 5.54 Å². The lowest BCUT2D eigenvalue weighted by molar-refractivity contribution is 0.0331. The van der Waals surface area contributed by atoms with Gasteiger partial charge in [0.1, 0.15) is 0 Å². The Morgan fingerprint density at radius 2 is 2.38 bits per heavy atom. The molecule has 0 heterocycles. The average molecular weight is 226 g/mol. The van der Waals surface area contributed by atoms with E-state index in [4.69, 9.17) is 10.5 Å². The van der Waals surface area contributed by atoms with Crippen LogP contribution in [0.15, 0.2) is 12.2 Å². The van der Waals surface area contributed by atoms with Crippen molar-refractivity contribution in [1.29, 1.82) is 0 Å². The van der Waals surface area contributed by atoms with Crippen molar-refractivity contribution >= 4 is 0 Å². The first-order chi connectivity index (χ1) is 7.76. The van der Waals surface area contributed by atoms with E-state index < -0.39 is 0 Å². The lowest BCUT2D eigenvalue weighted by Crippen LogP contribution is -2.55. The molecule has 0 saturated heterocycles. The van der Waals surface area contributed by atoms with E-state index in [0.29, 0.717) is 12.6 Å². The molecule has 0 aromatic heterocycles. The Bertz CT molecular complexity index is 218. The van der Waals surface area contributed by atoms with Gasteiger partial charge in [0.15, 0.2) is 0 Å². The van der Waals surface area contributed by atoms with Crippen LogP contribution in [0.25, 0.3) is 0 Å². The van der Waals surface area contributed by atoms with Crippen molar-refractivity contribution in [1.82, 2.24) is 5.32 Å². The first-order valence-corrected chi connectivity index (χ1v) is 6.35. The fourth-order valence-electron chi connectivity index (χ4n) is 2.51. The van der Waals surface area contributed by atoms with Crippen molar-refractivity contribution in [2.75, 3.05) is 20.2 Å². The molecule has 0 bridgehead atoms. The lowest BCUT2D eigenvalue weighted by Gasteiger charge is -2.40. The molecule has 0 spiro atoms. The van der Waals surface area contributed by atoms with Gasteiger partial charge < -0.3 is 15.8 Å². The van der Waals surface area contributed by atoms with Crippen LogP contribution in [0.5, 0.6) is 0 Å². The SMILES string of the molecule is C/C=C/CCNC1(CN)CCCC(OC)C1. The molecular weight excluding hydrogens is 200 g/mol. The number of ether oxygens (including phenoxy) is 1. The van der Waals surface area contributed by atoms with E-state index in [1.54, 1.807) is 7.11 Å². The van der Waals surface area contributed by atoms with E-state index in [1.165, 1.54) is 19.3 Å². The predicted molar refractivity (Wildman–Crippen MR) is 68.5 cm³/mol. The van der Waals surface area contributed by atoms with Gasteiger partial charge in [0.2, 0.25) is 0 Å². The first-order valence-electron chi connectivity index (χ1n) is 6.35. The summed E-state index contributed by atoms with van der Waals surface area (Å²) in [5.41, 5.74) is 6.05. The van der Waals surface area contributed by atoms with Crippen LogP contribution >= 0.6 is 0 Å². The summed E-state index contributed by atoms with van der Waals surface area (Å²) < 4.78 is 5.47. The maximum absolute atomic E-state index is 5.93. The zero-order chi connectivity index (χ0) is 11.9. The van der Waals surface area contributed by atoms with E-state index in [2.05, 4.69) is 24.4 Å². The van der Waals surface area contributed by atoms with Crippen LogP contribution in [0.3, 0.4) is 0 Å². The van der Waals surface area contributed by atoms with Gasteiger partial charge in [0.25, 0.3) is 0 Å². The second-order valence-corrected chi connectivity index (χ2v) is 4.72. The van der Waals surface area contributed by atoms with Crippen molar-refractivity contribution in [2.24, 2.45) is 5.73 Å². The highest BCUT2D eigenvalue weighted by molar-refractivity contribution is 4.95. The van der Waals surface area contributed by atoms with E-state index in [0.717, 1.165) is 19.4 Å². The maximum atomic E-state index is 5.93. The lowest BCUT2D eigenvalue weighted by atomic mass is 9.80. The number of rotatable bonds is 6. The summed E-state index contributed by atoms with van der Waals surface area (Å²) in [6, 6.07) is 0. The van der Waals surface area contributed by atoms with Gasteiger partial charge in [-0.2, -0.15) is 0 Å². The van der Waals surface area contributed by atoms with Crippen LogP contribution in [-0.2, 0) is 4.74 Å². The molecule has 0 aromatic rings. The van der Waals surface area contributed by atoms with Gasteiger partial charge in [-0.1, -0.05) is 12.2 Å². The molecule has 94 valence electrons. The molecule has 3 N–H and O–H groups in total. The first kappa shape index (κ1) is 13.7. The maximum Gasteiger partial charge on any atom is 0.0589 e. The van der Waals surface area contributed by atoms with Crippen molar-refractivity contribution in [3.05, 3.63) is 12.2 Å². The summed E-state index contributed by atoms with van der Waals surface area (Å²) in [5.74, 6) is 0. The number of hydrogen-bond acceptors (Lipinski definition) is 3. The van der Waals surface area contributed by atoms with Crippen molar-refractivity contribution in [3.63, 3.8) is 0 Å². The van der Waals surface area contributed by atoms with E-state index in [1.807, 2.05) is 0 Å². The molecule has 0 radical (unpaired) electrons. The number of allylic oxidation sites excluding steroid dienone is 1. The Morgan fingerprint density at radius 3 is 3.00 bits per heavy atom. The topological polar surface area (TPSA) is 47.3 Å².